The first-order chi connectivity index (χ1) is 14.1. The Morgan fingerprint density at radius 2 is 2.03 bits per heavy atom. The third-order valence-corrected chi connectivity index (χ3v) is 7.45. The van der Waals surface area contributed by atoms with Crippen LogP contribution in [0.3, 0.4) is 0 Å². The standard InChI is InChI=1S/C23H25N3O2S/c1-15-7-10-19(20-13-24-22(28-20)11-16-5-3-4-6-16)23(25-15)17-8-9-18-14-26(2)29(27)21(18)12-17/h7-10,12-13,16H,3-6,11,14H2,1-2H3. The second-order valence-electron chi connectivity index (χ2n) is 8.18. The molecule has 0 N–H and O–H groups in total. The van der Waals surface area contributed by atoms with Crippen molar-refractivity contribution in [3.8, 4) is 22.6 Å². The van der Waals surface area contributed by atoms with E-state index >= 15 is 0 Å². The highest BCUT2D eigenvalue weighted by atomic mass is 32.2. The summed E-state index contributed by atoms with van der Waals surface area (Å²) < 4.78 is 20.6. The van der Waals surface area contributed by atoms with Crippen LogP contribution >= 0.6 is 0 Å². The molecule has 3 heterocycles. The van der Waals surface area contributed by atoms with Gasteiger partial charge in [-0.1, -0.05) is 25.0 Å². The lowest BCUT2D eigenvalue weighted by Gasteiger charge is -2.09. The van der Waals surface area contributed by atoms with Gasteiger partial charge in [-0.05, 0) is 49.4 Å². The summed E-state index contributed by atoms with van der Waals surface area (Å²) in [5, 5.41) is 0. The largest absolute Gasteiger partial charge is 0.441 e. The van der Waals surface area contributed by atoms with Crippen molar-refractivity contribution < 1.29 is 8.63 Å². The van der Waals surface area contributed by atoms with Gasteiger partial charge in [0.05, 0.1) is 16.8 Å². The van der Waals surface area contributed by atoms with Crippen LogP contribution in [0.25, 0.3) is 22.6 Å². The van der Waals surface area contributed by atoms with Crippen LogP contribution in [-0.4, -0.2) is 25.5 Å². The Balaban J connectivity index is 1.52. The van der Waals surface area contributed by atoms with E-state index < -0.39 is 11.0 Å². The lowest BCUT2D eigenvalue weighted by atomic mass is 10.0. The number of rotatable bonds is 4. The molecule has 1 fully saturated rings. The summed E-state index contributed by atoms with van der Waals surface area (Å²) in [5.74, 6) is 2.26. The normalized spacial score (nSPS) is 19.7. The molecule has 0 amide bonds. The fourth-order valence-corrected chi connectivity index (χ4v) is 5.60. The zero-order valence-corrected chi connectivity index (χ0v) is 17.7. The predicted octanol–water partition coefficient (Wildman–Crippen LogP) is 4.91. The van der Waals surface area contributed by atoms with E-state index in [4.69, 9.17) is 9.40 Å². The molecule has 0 radical (unpaired) electrons. The van der Waals surface area contributed by atoms with Crippen LogP contribution < -0.4 is 0 Å². The van der Waals surface area contributed by atoms with Crippen molar-refractivity contribution in [2.45, 2.75) is 50.5 Å². The highest BCUT2D eigenvalue weighted by molar-refractivity contribution is 7.83. The van der Waals surface area contributed by atoms with Crippen LogP contribution in [0.4, 0.5) is 0 Å². The van der Waals surface area contributed by atoms with Crippen molar-refractivity contribution in [3.05, 3.63) is 53.7 Å². The summed E-state index contributed by atoms with van der Waals surface area (Å²) in [5.41, 5.74) is 4.79. The molecule has 6 heteroatoms. The number of nitrogens with zero attached hydrogens (tertiary/aromatic N) is 3. The van der Waals surface area contributed by atoms with Gasteiger partial charge in [-0.25, -0.2) is 13.5 Å². The van der Waals surface area contributed by atoms with Gasteiger partial charge in [-0.2, -0.15) is 0 Å². The maximum atomic E-state index is 12.6. The number of hydrogen-bond donors (Lipinski definition) is 0. The van der Waals surface area contributed by atoms with Crippen LogP contribution in [0.15, 0.2) is 45.8 Å². The molecular weight excluding hydrogens is 382 g/mol. The van der Waals surface area contributed by atoms with Crippen molar-refractivity contribution in [2.24, 2.45) is 5.92 Å². The third-order valence-electron chi connectivity index (χ3n) is 6.00. The molecule has 1 aliphatic carbocycles. The first-order valence-corrected chi connectivity index (χ1v) is 11.4. The maximum Gasteiger partial charge on any atom is 0.195 e. The van der Waals surface area contributed by atoms with E-state index in [-0.39, 0.29) is 0 Å². The second-order valence-corrected chi connectivity index (χ2v) is 9.74. The number of aromatic nitrogens is 2. The second kappa shape index (κ2) is 7.50. The van der Waals surface area contributed by atoms with Gasteiger partial charge in [0, 0.05) is 36.8 Å². The third kappa shape index (κ3) is 3.55. The van der Waals surface area contributed by atoms with E-state index in [0.717, 1.165) is 51.0 Å². The van der Waals surface area contributed by atoms with Gasteiger partial charge in [-0.15, -0.1) is 0 Å². The lowest BCUT2D eigenvalue weighted by molar-refractivity contribution is 0.437. The van der Waals surface area contributed by atoms with Gasteiger partial charge in [0.15, 0.2) is 11.7 Å². The molecule has 1 unspecified atom stereocenters. The molecule has 1 aromatic carbocycles. The zero-order valence-electron chi connectivity index (χ0n) is 16.9. The van der Waals surface area contributed by atoms with Crippen LogP contribution in [0.5, 0.6) is 0 Å². The predicted molar refractivity (Wildman–Crippen MR) is 113 cm³/mol. The zero-order chi connectivity index (χ0) is 20.0. The van der Waals surface area contributed by atoms with Crippen LogP contribution in [0.1, 0.15) is 42.8 Å². The molecule has 5 nitrogen and oxygen atoms in total. The van der Waals surface area contributed by atoms with Crippen LogP contribution in [-0.2, 0) is 24.0 Å². The Bertz CT molecular complexity index is 1090. The maximum absolute atomic E-state index is 12.6. The molecule has 1 aliphatic heterocycles. The van der Waals surface area contributed by atoms with E-state index in [1.165, 1.54) is 25.7 Å². The van der Waals surface area contributed by atoms with Gasteiger partial charge in [0.1, 0.15) is 11.0 Å². The van der Waals surface area contributed by atoms with Gasteiger partial charge < -0.3 is 4.42 Å². The molecule has 1 atom stereocenters. The van der Waals surface area contributed by atoms with E-state index in [9.17, 15) is 4.21 Å². The SMILES string of the molecule is Cc1ccc(-c2cnc(CC3CCCC3)o2)c(-c2ccc3c(c2)S(=O)N(C)C3)n1. The molecule has 150 valence electrons. The minimum atomic E-state index is -1.11. The topological polar surface area (TPSA) is 59.2 Å². The highest BCUT2D eigenvalue weighted by Crippen LogP contribution is 2.36. The molecule has 3 aromatic rings. The number of benzene rings is 1. The van der Waals surface area contributed by atoms with Crippen LogP contribution in [0, 0.1) is 12.8 Å². The van der Waals surface area contributed by atoms with E-state index in [1.54, 1.807) is 0 Å². The molecular formula is C23H25N3O2S. The lowest BCUT2D eigenvalue weighted by Crippen LogP contribution is -2.11. The van der Waals surface area contributed by atoms with E-state index in [0.29, 0.717) is 12.5 Å². The Morgan fingerprint density at radius 1 is 1.21 bits per heavy atom. The first kappa shape index (κ1) is 18.7. The summed E-state index contributed by atoms with van der Waals surface area (Å²) in [4.78, 5) is 10.2. The van der Waals surface area contributed by atoms with Crippen molar-refractivity contribution in [1.82, 2.24) is 14.3 Å². The molecule has 1 saturated carbocycles. The average molecular weight is 408 g/mol. The summed E-state index contributed by atoms with van der Waals surface area (Å²) in [6, 6.07) is 10.2. The number of aryl methyl sites for hydroxylation is 1. The molecule has 2 aliphatic rings. The first-order valence-electron chi connectivity index (χ1n) is 10.3. The minimum absolute atomic E-state index is 0.695. The molecule has 0 bridgehead atoms. The fraction of sp³-hybridized carbons (Fsp3) is 0.391. The fourth-order valence-electron chi connectivity index (χ4n) is 4.43. The Hall–Kier alpha value is -2.31. The number of fused-ring (bicyclic) bond motifs is 1. The van der Waals surface area contributed by atoms with Gasteiger partial charge in [-0.3, -0.25) is 4.98 Å². The van der Waals surface area contributed by atoms with Crippen molar-refractivity contribution in [2.75, 3.05) is 7.05 Å². The van der Waals surface area contributed by atoms with E-state index in [2.05, 4.69) is 17.1 Å². The van der Waals surface area contributed by atoms with Crippen molar-refractivity contribution in [1.29, 1.82) is 0 Å². The number of hydrogen-bond acceptors (Lipinski definition) is 4. The van der Waals surface area contributed by atoms with Crippen molar-refractivity contribution in [3.63, 3.8) is 0 Å². The summed E-state index contributed by atoms with van der Waals surface area (Å²) >= 11 is 0. The Labute approximate surface area is 173 Å². The highest BCUT2D eigenvalue weighted by Gasteiger charge is 2.25. The number of pyridine rings is 1. The quantitative estimate of drug-likeness (QED) is 0.616. The average Bonchev–Trinajstić information content (AvgIpc) is 3.45. The Kier molecular flexibility index (Phi) is 4.84. The van der Waals surface area contributed by atoms with Gasteiger partial charge in [0.2, 0.25) is 0 Å². The Morgan fingerprint density at radius 3 is 2.86 bits per heavy atom. The molecule has 2 aromatic heterocycles. The summed E-state index contributed by atoms with van der Waals surface area (Å²) in [6.45, 7) is 2.70. The minimum Gasteiger partial charge on any atom is -0.441 e. The van der Waals surface area contributed by atoms with Crippen molar-refractivity contribution >= 4 is 11.0 Å². The summed E-state index contributed by atoms with van der Waals surface area (Å²) in [6.07, 6.45) is 7.92. The van der Waals surface area contributed by atoms with Crippen LogP contribution in [0.2, 0.25) is 0 Å². The summed E-state index contributed by atoms with van der Waals surface area (Å²) in [7, 11) is 0.769. The molecule has 0 spiro atoms. The molecule has 29 heavy (non-hydrogen) atoms. The van der Waals surface area contributed by atoms with E-state index in [1.807, 2.05) is 42.7 Å². The number of oxazole rings is 1. The smallest absolute Gasteiger partial charge is 0.195 e. The van der Waals surface area contributed by atoms with Gasteiger partial charge >= 0.3 is 0 Å². The monoisotopic (exact) mass is 407 g/mol. The molecule has 0 saturated heterocycles. The molecule has 5 rings (SSSR count). The van der Waals surface area contributed by atoms with Gasteiger partial charge in [0.25, 0.3) is 0 Å².